The average molecular weight is 1220 g/mol. The number of phosphoric ester groups is 1. The second-order valence-electron chi connectivity index (χ2n) is 27.2. The van der Waals surface area contributed by atoms with E-state index in [4.69, 9.17) is 13.8 Å². The molecule has 9 nitrogen and oxygen atoms in total. The van der Waals surface area contributed by atoms with Crippen LogP contribution < -0.4 is 10.2 Å². The molecule has 0 fully saturated rings. The van der Waals surface area contributed by atoms with Crippen molar-refractivity contribution >= 4 is 19.7 Å². The van der Waals surface area contributed by atoms with Gasteiger partial charge < -0.3 is 28.5 Å². The van der Waals surface area contributed by atoms with Crippen molar-refractivity contribution in [2.45, 2.75) is 405 Å². The first-order chi connectivity index (χ1) is 41.4. The molecule has 0 aliphatic rings. The van der Waals surface area contributed by atoms with Gasteiger partial charge in [0.1, 0.15) is 19.3 Å². The van der Waals surface area contributed by atoms with Crippen LogP contribution in [0.1, 0.15) is 393 Å². The normalized spacial score (nSPS) is 13.5. The Labute approximate surface area is 530 Å². The summed E-state index contributed by atoms with van der Waals surface area (Å²) in [6.07, 6.45) is 80.3. The van der Waals surface area contributed by atoms with Crippen molar-refractivity contribution in [1.29, 1.82) is 0 Å². The molecule has 0 rings (SSSR count). The first kappa shape index (κ1) is 83.5. The number of esters is 1. The molecule has 1 N–H and O–H groups in total. The van der Waals surface area contributed by atoms with E-state index < -0.39 is 20.0 Å². The van der Waals surface area contributed by atoms with Crippen LogP contribution in [-0.4, -0.2) is 69.4 Å². The van der Waals surface area contributed by atoms with E-state index in [-0.39, 0.29) is 31.5 Å². The Morgan fingerprint density at radius 1 is 0.400 bits per heavy atom. The highest BCUT2D eigenvalue weighted by Crippen LogP contribution is 2.38. The molecule has 85 heavy (non-hydrogen) atoms. The monoisotopic (exact) mass is 1220 g/mol. The number of rotatable bonds is 70. The molecule has 0 saturated carbocycles. The Morgan fingerprint density at radius 2 is 0.682 bits per heavy atom. The quantitative estimate of drug-likeness (QED) is 0.0212. The number of hydrogen-bond donors (Lipinski definition) is 1. The Morgan fingerprint density at radius 3 is 1.00 bits per heavy atom. The Kier molecular flexibility index (Phi) is 64.3. The lowest BCUT2D eigenvalue weighted by Gasteiger charge is -2.30. The molecule has 1 amide bonds. The van der Waals surface area contributed by atoms with Crippen LogP contribution in [0.25, 0.3) is 0 Å². The number of allylic oxidation sites excluding steroid dienone is 3. The molecule has 0 aromatic carbocycles. The van der Waals surface area contributed by atoms with Gasteiger partial charge in [-0.05, 0) is 57.4 Å². The zero-order valence-electron chi connectivity index (χ0n) is 57.8. The van der Waals surface area contributed by atoms with Crippen LogP contribution >= 0.6 is 7.82 Å². The van der Waals surface area contributed by atoms with Crippen molar-refractivity contribution in [2.75, 3.05) is 40.9 Å². The van der Waals surface area contributed by atoms with Crippen molar-refractivity contribution in [3.63, 3.8) is 0 Å². The average Bonchev–Trinajstić information content (AvgIpc) is 3.59. The van der Waals surface area contributed by atoms with Gasteiger partial charge in [-0.1, -0.05) is 347 Å². The van der Waals surface area contributed by atoms with E-state index in [0.29, 0.717) is 17.4 Å². The van der Waals surface area contributed by atoms with Crippen molar-refractivity contribution < 1.29 is 37.3 Å². The lowest BCUT2D eigenvalue weighted by molar-refractivity contribution is -0.870. The molecule has 0 saturated heterocycles. The Hall–Kier alpha value is -1.51. The first-order valence-electron chi connectivity index (χ1n) is 37.6. The zero-order valence-corrected chi connectivity index (χ0v) is 58.7. The maximum absolute atomic E-state index is 13.6. The standard InChI is InChI=1S/C75H147N2O7P/c1-7-10-13-16-19-22-25-27-29-31-33-35-36-37-38-39-40-42-44-46-48-50-53-56-59-62-65-68-75(79)84-73(66-63-60-57-54-51-24-21-18-15-12-9-3)72(71-83-85(80,81)82-70-69-77(4,5)6)76-74(78)67-64-61-58-55-52-49-47-45-43-41-34-32-30-28-26-23-20-17-14-11-8-2/h27,29,63,66,72-73H,7-26,28,30-62,64-65,67-71H2,1-6H3,(H-,76,78,80,81)/b29-27+,66-63+. The van der Waals surface area contributed by atoms with E-state index in [2.05, 4.69) is 38.2 Å². The zero-order chi connectivity index (χ0) is 62.1. The third-order valence-electron chi connectivity index (χ3n) is 17.4. The molecular formula is C75H147N2O7P. The number of nitrogens with one attached hydrogen (secondary N) is 1. The molecule has 0 bridgehead atoms. The minimum absolute atomic E-state index is 0.0175. The van der Waals surface area contributed by atoms with E-state index in [1.54, 1.807) is 0 Å². The molecule has 0 radical (unpaired) electrons. The number of amides is 1. The van der Waals surface area contributed by atoms with Gasteiger partial charge in [0.05, 0.1) is 33.8 Å². The number of phosphoric acid groups is 1. The number of carbonyl (C=O) groups is 2. The van der Waals surface area contributed by atoms with Crippen LogP contribution in [0, 0.1) is 0 Å². The Bertz CT molecular complexity index is 1500. The summed E-state index contributed by atoms with van der Waals surface area (Å²) in [7, 11) is 1.21. The molecule has 0 aliphatic heterocycles. The SMILES string of the molecule is CCCCCCCC/C=C/CCCCCCCCCCCCCCCCCCCC(=O)OC(/C=C/CCCCCCCCCCC)C(COP(=O)([O-])OCC[N+](C)(C)C)NC(=O)CCCCCCCCCCCCCCCCCCCCCCC. The van der Waals surface area contributed by atoms with Crippen molar-refractivity contribution in [3.8, 4) is 0 Å². The van der Waals surface area contributed by atoms with E-state index >= 15 is 0 Å². The molecule has 504 valence electrons. The minimum Gasteiger partial charge on any atom is -0.756 e. The summed E-state index contributed by atoms with van der Waals surface area (Å²) < 4.78 is 30.5. The van der Waals surface area contributed by atoms with Gasteiger partial charge in [0.25, 0.3) is 7.82 Å². The summed E-state index contributed by atoms with van der Waals surface area (Å²) in [6, 6.07) is -0.882. The minimum atomic E-state index is -4.70. The molecular weight excluding hydrogens is 1070 g/mol. The highest BCUT2D eigenvalue weighted by Gasteiger charge is 2.27. The molecule has 3 unspecified atom stereocenters. The number of likely N-dealkylation sites (N-methyl/N-ethyl adjacent to an activating group) is 1. The van der Waals surface area contributed by atoms with E-state index in [9.17, 15) is 19.0 Å². The number of quaternary nitrogens is 1. The third-order valence-corrected chi connectivity index (χ3v) is 18.3. The fourth-order valence-electron chi connectivity index (χ4n) is 11.6. The van der Waals surface area contributed by atoms with Gasteiger partial charge in [-0.25, -0.2) is 0 Å². The van der Waals surface area contributed by atoms with Crippen LogP contribution in [0.15, 0.2) is 24.3 Å². The molecule has 3 atom stereocenters. The van der Waals surface area contributed by atoms with Crippen LogP contribution in [0.4, 0.5) is 0 Å². The topological polar surface area (TPSA) is 114 Å². The molecule has 10 heteroatoms. The summed E-state index contributed by atoms with van der Waals surface area (Å²) in [4.78, 5) is 40.2. The van der Waals surface area contributed by atoms with Crippen LogP contribution in [0.5, 0.6) is 0 Å². The molecule has 0 aromatic rings. The second-order valence-corrected chi connectivity index (χ2v) is 28.6. The smallest absolute Gasteiger partial charge is 0.306 e. The summed E-state index contributed by atoms with van der Waals surface area (Å²) in [5, 5.41) is 3.05. The van der Waals surface area contributed by atoms with E-state index in [1.807, 2.05) is 33.3 Å². The second kappa shape index (κ2) is 65.4. The fourth-order valence-corrected chi connectivity index (χ4v) is 12.3. The van der Waals surface area contributed by atoms with Crippen LogP contribution in [0.3, 0.4) is 0 Å². The highest BCUT2D eigenvalue weighted by molar-refractivity contribution is 7.45. The maximum Gasteiger partial charge on any atom is 0.306 e. The van der Waals surface area contributed by atoms with Crippen molar-refractivity contribution in [3.05, 3.63) is 24.3 Å². The Balaban J connectivity index is 4.89. The van der Waals surface area contributed by atoms with E-state index in [1.165, 1.54) is 302 Å². The number of hydrogen-bond acceptors (Lipinski definition) is 7. The van der Waals surface area contributed by atoms with E-state index in [0.717, 1.165) is 57.8 Å². The van der Waals surface area contributed by atoms with Gasteiger partial charge in [0, 0.05) is 12.8 Å². The number of carbonyl (C=O) groups excluding carboxylic acids is 2. The number of unbranched alkanes of at least 4 members (excludes halogenated alkanes) is 52. The lowest BCUT2D eigenvalue weighted by atomic mass is 10.0. The molecule has 0 aliphatic carbocycles. The number of ether oxygens (including phenoxy) is 1. The largest absolute Gasteiger partial charge is 0.756 e. The van der Waals surface area contributed by atoms with Gasteiger partial charge in [-0.15, -0.1) is 0 Å². The van der Waals surface area contributed by atoms with Crippen LogP contribution in [-0.2, 0) is 27.9 Å². The summed E-state index contributed by atoms with van der Waals surface area (Å²) in [5.41, 5.74) is 0. The maximum atomic E-state index is 13.6. The lowest BCUT2D eigenvalue weighted by Crippen LogP contribution is -2.47. The first-order valence-corrected chi connectivity index (χ1v) is 39.1. The van der Waals surface area contributed by atoms with Crippen molar-refractivity contribution in [2.24, 2.45) is 0 Å². The highest BCUT2D eigenvalue weighted by atomic mass is 31.2. The molecule has 0 heterocycles. The summed E-state index contributed by atoms with van der Waals surface area (Å²) in [5.74, 6) is -0.515. The third kappa shape index (κ3) is 66.7. The predicted octanol–water partition coefficient (Wildman–Crippen LogP) is 23.4. The molecule has 0 aromatic heterocycles. The fraction of sp³-hybridized carbons (Fsp3) is 0.920. The van der Waals surface area contributed by atoms with Crippen molar-refractivity contribution in [1.82, 2.24) is 5.32 Å². The van der Waals surface area contributed by atoms with Gasteiger partial charge in [0.2, 0.25) is 5.91 Å². The summed E-state index contributed by atoms with van der Waals surface area (Å²) in [6.45, 7) is 6.91. The van der Waals surface area contributed by atoms with Gasteiger partial charge in [0.15, 0.2) is 0 Å². The van der Waals surface area contributed by atoms with Crippen LogP contribution in [0.2, 0.25) is 0 Å². The molecule has 0 spiro atoms. The summed E-state index contributed by atoms with van der Waals surface area (Å²) >= 11 is 0. The van der Waals surface area contributed by atoms with Gasteiger partial charge in [-0.2, -0.15) is 0 Å². The number of nitrogens with zero attached hydrogens (tertiary/aromatic N) is 1. The predicted molar refractivity (Wildman–Crippen MR) is 367 cm³/mol. The van der Waals surface area contributed by atoms with Gasteiger partial charge >= 0.3 is 5.97 Å². The van der Waals surface area contributed by atoms with Gasteiger partial charge in [-0.3, -0.25) is 14.2 Å².